The summed E-state index contributed by atoms with van der Waals surface area (Å²) >= 11 is 1.56. The number of hydrogen-bond acceptors (Lipinski definition) is 4. The number of para-hydroxylation sites is 1. The van der Waals surface area contributed by atoms with Crippen molar-refractivity contribution in [1.29, 1.82) is 0 Å². The molecule has 136 valence electrons. The number of hydrogen-bond donors (Lipinski definition) is 1. The topological polar surface area (TPSA) is 42.2 Å². The predicted molar refractivity (Wildman–Crippen MR) is 116 cm³/mol. The van der Waals surface area contributed by atoms with E-state index in [-0.39, 0.29) is 0 Å². The Hall–Kier alpha value is -2.92. The van der Waals surface area contributed by atoms with Crippen molar-refractivity contribution in [3.05, 3.63) is 70.2 Å². The second-order valence-corrected chi connectivity index (χ2v) is 7.64. The third-order valence-electron chi connectivity index (χ3n) is 5.11. The fraction of sp³-hybridized carbons (Fsp3) is 0.182. The average molecular weight is 375 g/mol. The van der Waals surface area contributed by atoms with E-state index in [1.54, 1.807) is 11.3 Å². The molecular weight excluding hydrogens is 352 g/mol. The zero-order valence-corrected chi connectivity index (χ0v) is 16.8. The SMILES string of the molecule is Cc1ccc(-c2csc(N/N=C\c3c(C)n(C)c4ccccc34)n2)cc1C. The lowest BCUT2D eigenvalue weighted by Gasteiger charge is -2.02. The molecule has 0 radical (unpaired) electrons. The van der Waals surface area contributed by atoms with Crippen LogP contribution in [-0.4, -0.2) is 15.8 Å². The van der Waals surface area contributed by atoms with Gasteiger partial charge in [0.25, 0.3) is 0 Å². The van der Waals surface area contributed by atoms with Gasteiger partial charge in [0.2, 0.25) is 5.13 Å². The first-order valence-electron chi connectivity index (χ1n) is 8.91. The maximum atomic E-state index is 4.66. The highest BCUT2D eigenvalue weighted by Gasteiger charge is 2.09. The van der Waals surface area contributed by atoms with E-state index in [4.69, 9.17) is 0 Å². The lowest BCUT2D eigenvalue weighted by molar-refractivity contribution is 0.916. The molecule has 0 bridgehead atoms. The van der Waals surface area contributed by atoms with Crippen molar-refractivity contribution < 1.29 is 0 Å². The van der Waals surface area contributed by atoms with Crippen LogP contribution in [0.3, 0.4) is 0 Å². The van der Waals surface area contributed by atoms with Crippen LogP contribution < -0.4 is 5.43 Å². The Morgan fingerprint density at radius 1 is 1.07 bits per heavy atom. The van der Waals surface area contributed by atoms with Crippen LogP contribution in [0, 0.1) is 20.8 Å². The highest BCUT2D eigenvalue weighted by molar-refractivity contribution is 7.14. The Kier molecular flexibility index (Phi) is 4.54. The number of benzene rings is 2. The van der Waals surface area contributed by atoms with Crippen molar-refractivity contribution in [2.24, 2.45) is 12.1 Å². The zero-order valence-electron chi connectivity index (χ0n) is 15.9. The fourth-order valence-electron chi connectivity index (χ4n) is 3.22. The number of nitrogens with zero attached hydrogens (tertiary/aromatic N) is 3. The molecule has 27 heavy (non-hydrogen) atoms. The molecule has 0 aliphatic rings. The molecule has 2 heterocycles. The van der Waals surface area contributed by atoms with Crippen LogP contribution in [0.4, 0.5) is 5.13 Å². The van der Waals surface area contributed by atoms with Gasteiger partial charge in [-0.25, -0.2) is 4.98 Å². The smallest absolute Gasteiger partial charge is 0.203 e. The minimum Gasteiger partial charge on any atom is -0.347 e. The highest BCUT2D eigenvalue weighted by atomic mass is 32.1. The molecular formula is C22H22N4S. The predicted octanol–water partition coefficient (Wildman–Crippen LogP) is 5.67. The van der Waals surface area contributed by atoms with Crippen LogP contribution in [0.25, 0.3) is 22.2 Å². The fourth-order valence-corrected chi connectivity index (χ4v) is 3.89. The number of hydrazone groups is 1. The van der Waals surface area contributed by atoms with Gasteiger partial charge in [-0.2, -0.15) is 5.10 Å². The number of thiazole rings is 1. The first kappa shape index (κ1) is 17.5. The minimum absolute atomic E-state index is 0.789. The molecule has 1 N–H and O–H groups in total. The number of rotatable bonds is 4. The van der Waals surface area contributed by atoms with E-state index in [0.717, 1.165) is 22.0 Å². The summed E-state index contributed by atoms with van der Waals surface area (Å²) in [7, 11) is 2.08. The van der Waals surface area contributed by atoms with Crippen molar-refractivity contribution in [2.45, 2.75) is 20.8 Å². The van der Waals surface area contributed by atoms with E-state index in [0.29, 0.717) is 0 Å². The number of fused-ring (bicyclic) bond motifs is 1. The van der Waals surface area contributed by atoms with Gasteiger partial charge in [-0.15, -0.1) is 11.3 Å². The Balaban J connectivity index is 1.56. The number of aryl methyl sites for hydroxylation is 3. The summed E-state index contributed by atoms with van der Waals surface area (Å²) in [6.45, 7) is 6.36. The van der Waals surface area contributed by atoms with Crippen molar-refractivity contribution in [1.82, 2.24) is 9.55 Å². The molecule has 4 rings (SSSR count). The molecule has 0 saturated heterocycles. The van der Waals surface area contributed by atoms with E-state index in [1.807, 2.05) is 6.21 Å². The lowest BCUT2D eigenvalue weighted by Crippen LogP contribution is -1.94. The van der Waals surface area contributed by atoms with Crippen LogP contribution >= 0.6 is 11.3 Å². The molecule has 0 saturated carbocycles. The molecule has 0 spiro atoms. The third-order valence-corrected chi connectivity index (χ3v) is 5.86. The van der Waals surface area contributed by atoms with E-state index in [1.165, 1.54) is 27.7 Å². The van der Waals surface area contributed by atoms with E-state index >= 15 is 0 Å². The van der Waals surface area contributed by atoms with Gasteiger partial charge < -0.3 is 4.57 Å². The van der Waals surface area contributed by atoms with Gasteiger partial charge in [0, 0.05) is 40.2 Å². The first-order valence-corrected chi connectivity index (χ1v) is 9.79. The molecule has 0 unspecified atom stereocenters. The van der Waals surface area contributed by atoms with E-state index < -0.39 is 0 Å². The summed E-state index contributed by atoms with van der Waals surface area (Å²) < 4.78 is 2.19. The van der Waals surface area contributed by atoms with E-state index in [9.17, 15) is 0 Å². The summed E-state index contributed by atoms with van der Waals surface area (Å²) in [6, 6.07) is 14.8. The number of nitrogens with one attached hydrogen (secondary N) is 1. The van der Waals surface area contributed by atoms with Crippen molar-refractivity contribution >= 4 is 33.6 Å². The maximum absolute atomic E-state index is 4.66. The van der Waals surface area contributed by atoms with Crippen LogP contribution in [0.5, 0.6) is 0 Å². The normalized spacial score (nSPS) is 11.6. The van der Waals surface area contributed by atoms with Crippen LogP contribution in [-0.2, 0) is 7.05 Å². The van der Waals surface area contributed by atoms with Gasteiger partial charge in [0.15, 0.2) is 0 Å². The molecule has 5 heteroatoms. The molecule has 2 aromatic heterocycles. The molecule has 4 nitrogen and oxygen atoms in total. The second-order valence-electron chi connectivity index (χ2n) is 6.78. The Morgan fingerprint density at radius 3 is 2.70 bits per heavy atom. The molecule has 0 aliphatic heterocycles. The van der Waals surface area contributed by atoms with Gasteiger partial charge in [-0.05, 0) is 44.0 Å². The average Bonchev–Trinajstić information content (AvgIpc) is 3.23. The number of anilines is 1. The van der Waals surface area contributed by atoms with Gasteiger partial charge in [0.1, 0.15) is 0 Å². The molecule has 4 aromatic rings. The third kappa shape index (κ3) is 3.26. The summed E-state index contributed by atoms with van der Waals surface area (Å²) in [5.74, 6) is 0. The van der Waals surface area contributed by atoms with Gasteiger partial charge in [-0.3, -0.25) is 5.43 Å². The van der Waals surface area contributed by atoms with Crippen LogP contribution in [0.1, 0.15) is 22.4 Å². The molecule has 2 aromatic carbocycles. The van der Waals surface area contributed by atoms with E-state index in [2.05, 4.69) is 95.7 Å². The second kappa shape index (κ2) is 7.00. The zero-order chi connectivity index (χ0) is 19.0. The van der Waals surface area contributed by atoms with Crippen LogP contribution in [0.2, 0.25) is 0 Å². The van der Waals surface area contributed by atoms with Gasteiger partial charge in [-0.1, -0.05) is 30.3 Å². The molecule has 0 fully saturated rings. The lowest BCUT2D eigenvalue weighted by atomic mass is 10.1. The van der Waals surface area contributed by atoms with Crippen LogP contribution in [0.15, 0.2) is 52.9 Å². The summed E-state index contributed by atoms with van der Waals surface area (Å²) in [5, 5.41) is 8.49. The quantitative estimate of drug-likeness (QED) is 0.369. The molecule has 0 amide bonds. The standard InChI is InChI=1S/C22H22N4S/c1-14-9-10-17(11-15(14)2)20-13-27-22(24-20)25-23-12-19-16(3)26(4)21-8-6-5-7-18(19)21/h5-13H,1-4H3,(H,24,25)/b23-12-. The first-order chi connectivity index (χ1) is 13.0. The van der Waals surface area contributed by atoms with Gasteiger partial charge >= 0.3 is 0 Å². The summed E-state index contributed by atoms with van der Waals surface area (Å²) in [6.07, 6.45) is 1.88. The Labute approximate surface area is 163 Å². The summed E-state index contributed by atoms with van der Waals surface area (Å²) in [4.78, 5) is 4.66. The molecule has 0 atom stereocenters. The van der Waals surface area contributed by atoms with Crippen molar-refractivity contribution in [3.8, 4) is 11.3 Å². The van der Waals surface area contributed by atoms with Gasteiger partial charge in [0.05, 0.1) is 11.9 Å². The maximum Gasteiger partial charge on any atom is 0.203 e. The number of aromatic nitrogens is 2. The highest BCUT2D eigenvalue weighted by Crippen LogP contribution is 2.27. The summed E-state index contributed by atoms with van der Waals surface area (Å²) in [5.41, 5.74) is 11.3. The Bertz CT molecular complexity index is 1150. The Morgan fingerprint density at radius 2 is 1.89 bits per heavy atom. The van der Waals surface area contributed by atoms with Crippen molar-refractivity contribution in [2.75, 3.05) is 5.43 Å². The molecule has 0 aliphatic carbocycles. The largest absolute Gasteiger partial charge is 0.347 e. The minimum atomic E-state index is 0.789. The van der Waals surface area contributed by atoms with Crippen molar-refractivity contribution in [3.63, 3.8) is 0 Å². The monoisotopic (exact) mass is 374 g/mol.